The summed E-state index contributed by atoms with van der Waals surface area (Å²) in [6, 6.07) is 11.1. The number of amides is 2. The third-order valence-electron chi connectivity index (χ3n) is 5.14. The number of ether oxygens (including phenoxy) is 1. The van der Waals surface area contributed by atoms with Crippen LogP contribution in [-0.4, -0.2) is 65.1 Å². The van der Waals surface area contributed by atoms with Crippen LogP contribution < -0.4 is 0 Å². The van der Waals surface area contributed by atoms with Crippen molar-refractivity contribution < 1.29 is 14.3 Å². The molecule has 0 spiro atoms. The fourth-order valence-corrected chi connectivity index (χ4v) is 3.71. The van der Waals surface area contributed by atoms with E-state index in [4.69, 9.17) is 4.74 Å². The number of nitrogens with zero attached hydrogens (tertiary/aromatic N) is 3. The maximum Gasteiger partial charge on any atom is 0.254 e. The molecule has 2 saturated heterocycles. The molecule has 1 atom stereocenters. The number of morpholine rings is 1. The van der Waals surface area contributed by atoms with Crippen molar-refractivity contribution in [3.63, 3.8) is 0 Å². The molecule has 0 radical (unpaired) electrons. The Kier molecular flexibility index (Phi) is 4.75. The Morgan fingerprint density at radius 2 is 1.65 bits per heavy atom. The van der Waals surface area contributed by atoms with Crippen LogP contribution in [0.3, 0.4) is 0 Å². The van der Waals surface area contributed by atoms with Crippen LogP contribution in [0.2, 0.25) is 0 Å². The third-order valence-corrected chi connectivity index (χ3v) is 5.14. The summed E-state index contributed by atoms with van der Waals surface area (Å²) in [7, 11) is 0. The Labute approximate surface area is 153 Å². The van der Waals surface area contributed by atoms with Gasteiger partial charge in [0.2, 0.25) is 5.91 Å². The summed E-state index contributed by atoms with van der Waals surface area (Å²) in [5.41, 5.74) is 1.64. The number of carbonyl (C=O) groups is 2. The smallest absolute Gasteiger partial charge is 0.254 e. The second-order valence-electron chi connectivity index (χ2n) is 6.73. The molecule has 2 aliphatic rings. The zero-order valence-electron chi connectivity index (χ0n) is 14.7. The molecular weight excluding hydrogens is 330 g/mol. The second-order valence-corrected chi connectivity index (χ2v) is 6.73. The SMILES string of the molecule is O=C([C@@H]1CCCN1C(=O)c1ccc(-n2cccc2)cc1)N1CCOCC1. The quantitative estimate of drug-likeness (QED) is 0.847. The van der Waals surface area contributed by atoms with Gasteiger partial charge in [-0.15, -0.1) is 0 Å². The van der Waals surface area contributed by atoms with Crippen molar-refractivity contribution >= 4 is 11.8 Å². The lowest BCUT2D eigenvalue weighted by Crippen LogP contribution is -2.51. The molecule has 1 aromatic carbocycles. The van der Waals surface area contributed by atoms with Crippen molar-refractivity contribution in [3.8, 4) is 5.69 Å². The fraction of sp³-hybridized carbons (Fsp3) is 0.400. The van der Waals surface area contributed by atoms with Crippen molar-refractivity contribution in [2.24, 2.45) is 0 Å². The molecule has 0 aliphatic carbocycles. The molecule has 2 amide bonds. The van der Waals surface area contributed by atoms with Crippen LogP contribution in [0.1, 0.15) is 23.2 Å². The molecule has 6 heteroatoms. The normalized spacial score (nSPS) is 20.4. The third kappa shape index (κ3) is 3.24. The van der Waals surface area contributed by atoms with Gasteiger partial charge in [-0.05, 0) is 49.2 Å². The lowest BCUT2D eigenvalue weighted by molar-refractivity contribution is -0.139. The van der Waals surface area contributed by atoms with E-state index in [2.05, 4.69) is 0 Å². The second kappa shape index (κ2) is 7.33. The van der Waals surface area contributed by atoms with Gasteiger partial charge in [0.05, 0.1) is 13.2 Å². The zero-order chi connectivity index (χ0) is 17.9. The van der Waals surface area contributed by atoms with E-state index < -0.39 is 0 Å². The van der Waals surface area contributed by atoms with Gasteiger partial charge in [-0.25, -0.2) is 0 Å². The summed E-state index contributed by atoms with van der Waals surface area (Å²) in [5.74, 6) is -0.00345. The van der Waals surface area contributed by atoms with Crippen molar-refractivity contribution in [3.05, 3.63) is 54.4 Å². The predicted molar refractivity (Wildman–Crippen MR) is 97.2 cm³/mol. The molecule has 0 N–H and O–H groups in total. The van der Waals surface area contributed by atoms with Crippen LogP contribution in [0.15, 0.2) is 48.8 Å². The highest BCUT2D eigenvalue weighted by Gasteiger charge is 2.37. The summed E-state index contributed by atoms with van der Waals surface area (Å²) < 4.78 is 7.32. The maximum atomic E-state index is 13.0. The molecule has 6 nitrogen and oxygen atoms in total. The van der Waals surface area contributed by atoms with Gasteiger partial charge in [0.1, 0.15) is 6.04 Å². The molecule has 0 bridgehead atoms. The highest BCUT2D eigenvalue weighted by molar-refractivity contribution is 5.98. The van der Waals surface area contributed by atoms with Gasteiger partial charge >= 0.3 is 0 Å². The lowest BCUT2D eigenvalue weighted by atomic mass is 10.1. The van der Waals surface area contributed by atoms with E-state index in [-0.39, 0.29) is 17.9 Å². The molecule has 4 rings (SSSR count). The monoisotopic (exact) mass is 353 g/mol. The molecule has 2 aromatic rings. The largest absolute Gasteiger partial charge is 0.378 e. The van der Waals surface area contributed by atoms with Gasteiger partial charge < -0.3 is 19.1 Å². The van der Waals surface area contributed by atoms with Crippen molar-refractivity contribution in [2.45, 2.75) is 18.9 Å². The van der Waals surface area contributed by atoms with Crippen molar-refractivity contribution in [1.82, 2.24) is 14.4 Å². The number of likely N-dealkylation sites (tertiary alicyclic amines) is 1. The van der Waals surface area contributed by atoms with Crippen LogP contribution in [-0.2, 0) is 9.53 Å². The Bertz CT molecular complexity index is 764. The van der Waals surface area contributed by atoms with E-state index in [0.717, 1.165) is 18.5 Å². The highest BCUT2D eigenvalue weighted by Crippen LogP contribution is 2.23. The number of hydrogen-bond donors (Lipinski definition) is 0. The number of rotatable bonds is 3. The Hall–Kier alpha value is -2.60. The molecule has 0 unspecified atom stereocenters. The van der Waals surface area contributed by atoms with E-state index in [1.54, 1.807) is 4.90 Å². The fourth-order valence-electron chi connectivity index (χ4n) is 3.71. The van der Waals surface area contributed by atoms with Gasteiger partial charge in [0.25, 0.3) is 5.91 Å². The van der Waals surface area contributed by atoms with Gasteiger partial charge in [0, 0.05) is 43.3 Å². The highest BCUT2D eigenvalue weighted by atomic mass is 16.5. The number of aromatic nitrogens is 1. The molecule has 2 fully saturated rings. The molecule has 1 aromatic heterocycles. The van der Waals surface area contributed by atoms with Gasteiger partial charge in [-0.1, -0.05) is 0 Å². The minimum Gasteiger partial charge on any atom is -0.378 e. The lowest BCUT2D eigenvalue weighted by Gasteiger charge is -2.32. The van der Waals surface area contributed by atoms with E-state index in [1.807, 2.05) is 58.3 Å². The van der Waals surface area contributed by atoms with Crippen LogP contribution in [0, 0.1) is 0 Å². The minimum absolute atomic E-state index is 0.0584. The summed E-state index contributed by atoms with van der Waals surface area (Å²) in [4.78, 5) is 29.4. The first-order valence-corrected chi connectivity index (χ1v) is 9.15. The molecule has 3 heterocycles. The Morgan fingerprint density at radius 1 is 0.962 bits per heavy atom. The number of carbonyl (C=O) groups excluding carboxylic acids is 2. The summed E-state index contributed by atoms with van der Waals surface area (Å²) >= 11 is 0. The van der Waals surface area contributed by atoms with Crippen LogP contribution >= 0.6 is 0 Å². The van der Waals surface area contributed by atoms with Gasteiger partial charge in [-0.2, -0.15) is 0 Å². The average Bonchev–Trinajstić information content (AvgIpc) is 3.40. The number of benzene rings is 1. The Balaban J connectivity index is 1.48. The molecule has 0 saturated carbocycles. The van der Waals surface area contributed by atoms with Gasteiger partial charge in [-0.3, -0.25) is 9.59 Å². The molecule has 136 valence electrons. The van der Waals surface area contributed by atoms with E-state index >= 15 is 0 Å². The minimum atomic E-state index is -0.343. The van der Waals surface area contributed by atoms with E-state index in [9.17, 15) is 9.59 Å². The topological polar surface area (TPSA) is 54.8 Å². The average molecular weight is 353 g/mol. The predicted octanol–water partition coefficient (Wildman–Crippen LogP) is 1.94. The first-order chi connectivity index (χ1) is 12.7. The van der Waals surface area contributed by atoms with Crippen LogP contribution in [0.5, 0.6) is 0 Å². The first-order valence-electron chi connectivity index (χ1n) is 9.15. The van der Waals surface area contributed by atoms with Crippen molar-refractivity contribution in [1.29, 1.82) is 0 Å². The summed E-state index contributed by atoms with van der Waals surface area (Å²) in [6.45, 7) is 3.02. The van der Waals surface area contributed by atoms with E-state index in [1.165, 1.54) is 0 Å². The molecule has 2 aliphatic heterocycles. The van der Waals surface area contributed by atoms with Crippen LogP contribution in [0.4, 0.5) is 0 Å². The Morgan fingerprint density at radius 3 is 2.35 bits per heavy atom. The van der Waals surface area contributed by atoms with Gasteiger partial charge in [0.15, 0.2) is 0 Å². The summed E-state index contributed by atoms with van der Waals surface area (Å²) in [5, 5.41) is 0. The van der Waals surface area contributed by atoms with E-state index in [0.29, 0.717) is 38.4 Å². The summed E-state index contributed by atoms with van der Waals surface area (Å²) in [6.07, 6.45) is 5.54. The number of hydrogen-bond acceptors (Lipinski definition) is 3. The van der Waals surface area contributed by atoms with Crippen molar-refractivity contribution in [2.75, 3.05) is 32.8 Å². The standard InChI is InChI=1S/C20H23N3O3/c24-19(16-5-7-17(8-6-16)21-9-1-2-10-21)23-11-3-4-18(23)20(25)22-12-14-26-15-13-22/h1-2,5-10,18H,3-4,11-15H2/t18-/m0/s1. The first kappa shape index (κ1) is 16.8. The molecule has 26 heavy (non-hydrogen) atoms. The molecular formula is C20H23N3O3. The maximum absolute atomic E-state index is 13.0. The van der Waals surface area contributed by atoms with Crippen LogP contribution in [0.25, 0.3) is 5.69 Å². The zero-order valence-corrected chi connectivity index (χ0v) is 14.7.